The van der Waals surface area contributed by atoms with Crippen molar-refractivity contribution in [3.8, 4) is 23.0 Å². The van der Waals surface area contributed by atoms with Crippen molar-refractivity contribution in [1.29, 1.82) is 0 Å². The van der Waals surface area contributed by atoms with Crippen molar-refractivity contribution in [2.24, 2.45) is 0 Å². The van der Waals surface area contributed by atoms with Gasteiger partial charge in [-0.2, -0.15) is 0 Å². The lowest BCUT2D eigenvalue weighted by atomic mass is 10.1. The number of hydrogen-bond donors (Lipinski definition) is 0. The van der Waals surface area contributed by atoms with Crippen molar-refractivity contribution in [3.05, 3.63) is 48.9 Å². The van der Waals surface area contributed by atoms with E-state index in [1.165, 1.54) is 19.4 Å². The molecule has 1 atom stereocenters. The molecule has 4 rings (SSSR count). The van der Waals surface area contributed by atoms with Crippen molar-refractivity contribution >= 4 is 0 Å². The lowest BCUT2D eigenvalue weighted by molar-refractivity contribution is 0.282. The van der Waals surface area contributed by atoms with Crippen LogP contribution in [0.4, 0.5) is 0 Å². The lowest BCUT2D eigenvalue weighted by Crippen LogP contribution is -2.26. The Kier molecular flexibility index (Phi) is 4.88. The van der Waals surface area contributed by atoms with Gasteiger partial charge in [0.1, 0.15) is 11.4 Å². The van der Waals surface area contributed by atoms with Gasteiger partial charge in [0.2, 0.25) is 0 Å². The molecule has 7 heteroatoms. The molecule has 2 aromatic heterocycles. The Balaban J connectivity index is 1.37. The first kappa shape index (κ1) is 16.7. The van der Waals surface area contributed by atoms with Gasteiger partial charge in [0.25, 0.3) is 0 Å². The number of likely N-dealkylation sites (tertiary alicyclic amines) is 1. The summed E-state index contributed by atoms with van der Waals surface area (Å²) in [7, 11) is 2.20. The van der Waals surface area contributed by atoms with E-state index in [1.807, 2.05) is 35.1 Å². The lowest BCUT2D eigenvalue weighted by Gasteiger charge is -2.18. The van der Waals surface area contributed by atoms with Crippen LogP contribution in [0, 0.1) is 0 Å². The van der Waals surface area contributed by atoms with Gasteiger partial charge in [0, 0.05) is 30.5 Å². The molecule has 26 heavy (non-hydrogen) atoms. The summed E-state index contributed by atoms with van der Waals surface area (Å²) in [5.74, 6) is 0.691. The molecule has 0 radical (unpaired) electrons. The molecule has 1 fully saturated rings. The number of aromatic nitrogens is 5. The fourth-order valence-electron chi connectivity index (χ4n) is 3.30. The Bertz CT molecular complexity index is 833. The number of nitrogens with zero attached hydrogens (tertiary/aromatic N) is 6. The second-order valence-corrected chi connectivity index (χ2v) is 6.59. The van der Waals surface area contributed by atoms with Crippen LogP contribution in [0.15, 0.2) is 48.9 Å². The highest BCUT2D eigenvalue weighted by atomic mass is 16.5. The predicted octanol–water partition coefficient (Wildman–Crippen LogP) is 3.01. The Morgan fingerprint density at radius 2 is 1.96 bits per heavy atom. The van der Waals surface area contributed by atoms with Gasteiger partial charge in [-0.25, -0.2) is 9.97 Å². The third-order valence-electron chi connectivity index (χ3n) is 4.80. The fraction of sp³-hybridized carbons (Fsp3) is 0.368. The minimum Gasteiger partial charge on any atom is -0.424 e. The van der Waals surface area contributed by atoms with Crippen LogP contribution in [0.25, 0.3) is 11.3 Å². The van der Waals surface area contributed by atoms with Crippen LogP contribution in [0.2, 0.25) is 0 Å². The first-order chi connectivity index (χ1) is 12.8. The molecule has 1 aliphatic heterocycles. The molecule has 0 spiro atoms. The normalized spacial score (nSPS) is 17.5. The maximum atomic E-state index is 5.61. The Hall–Kier alpha value is -2.80. The standard InChI is InChI=1S/C19H22N6O/c1-24-12-2-4-16(24)9-13-25-14-18(22-23-25)15-5-7-17(8-6-15)26-19-20-10-3-11-21-19/h3,5-8,10-11,14,16H,2,4,9,12-13H2,1H3/t16-/m1/s1. The van der Waals surface area contributed by atoms with Crippen LogP contribution in [0.1, 0.15) is 19.3 Å². The first-order valence-electron chi connectivity index (χ1n) is 8.93. The summed E-state index contributed by atoms with van der Waals surface area (Å²) < 4.78 is 7.55. The van der Waals surface area contributed by atoms with Gasteiger partial charge in [-0.15, -0.1) is 5.10 Å². The summed E-state index contributed by atoms with van der Waals surface area (Å²) in [6.45, 7) is 2.10. The van der Waals surface area contributed by atoms with Crippen LogP contribution in [0.3, 0.4) is 0 Å². The summed E-state index contributed by atoms with van der Waals surface area (Å²) in [6, 6.07) is 10.5. The maximum absolute atomic E-state index is 5.61. The predicted molar refractivity (Wildman–Crippen MR) is 97.8 cm³/mol. The molecular formula is C19H22N6O. The smallest absolute Gasteiger partial charge is 0.321 e. The maximum Gasteiger partial charge on any atom is 0.321 e. The minimum absolute atomic E-state index is 0.336. The molecule has 0 N–H and O–H groups in total. The van der Waals surface area contributed by atoms with Crippen molar-refractivity contribution in [3.63, 3.8) is 0 Å². The Labute approximate surface area is 152 Å². The van der Waals surface area contributed by atoms with Crippen molar-refractivity contribution in [2.75, 3.05) is 13.6 Å². The van der Waals surface area contributed by atoms with Crippen molar-refractivity contribution in [2.45, 2.75) is 31.8 Å². The van der Waals surface area contributed by atoms with Gasteiger partial charge in [-0.3, -0.25) is 4.68 Å². The quantitative estimate of drug-likeness (QED) is 0.681. The minimum atomic E-state index is 0.336. The molecule has 1 aromatic carbocycles. The summed E-state index contributed by atoms with van der Waals surface area (Å²) in [5.41, 5.74) is 1.88. The van der Waals surface area contributed by atoms with E-state index in [0.717, 1.165) is 24.2 Å². The summed E-state index contributed by atoms with van der Waals surface area (Å²) >= 11 is 0. The number of benzene rings is 1. The van der Waals surface area contributed by atoms with Gasteiger partial charge in [0.05, 0.1) is 6.20 Å². The second-order valence-electron chi connectivity index (χ2n) is 6.59. The Morgan fingerprint density at radius 1 is 1.15 bits per heavy atom. The average Bonchev–Trinajstić information content (AvgIpc) is 3.30. The molecule has 0 aliphatic carbocycles. The first-order valence-corrected chi connectivity index (χ1v) is 8.93. The number of rotatable bonds is 6. The number of aryl methyl sites for hydroxylation is 1. The molecule has 7 nitrogen and oxygen atoms in total. The highest BCUT2D eigenvalue weighted by Crippen LogP contribution is 2.23. The van der Waals surface area contributed by atoms with E-state index in [-0.39, 0.29) is 0 Å². The van der Waals surface area contributed by atoms with E-state index < -0.39 is 0 Å². The van der Waals surface area contributed by atoms with Crippen molar-refractivity contribution in [1.82, 2.24) is 29.9 Å². The van der Waals surface area contributed by atoms with Crippen LogP contribution >= 0.6 is 0 Å². The van der Waals surface area contributed by atoms with E-state index in [9.17, 15) is 0 Å². The number of ether oxygens (including phenoxy) is 1. The molecular weight excluding hydrogens is 328 g/mol. The van der Waals surface area contributed by atoms with Crippen LogP contribution in [-0.4, -0.2) is 49.5 Å². The SMILES string of the molecule is CN1CCC[C@@H]1CCn1cc(-c2ccc(Oc3ncccn3)cc2)nn1. The molecule has 0 amide bonds. The van der Waals surface area contributed by atoms with Crippen LogP contribution < -0.4 is 4.74 Å². The zero-order valence-corrected chi connectivity index (χ0v) is 14.8. The molecule has 3 heterocycles. The average molecular weight is 350 g/mol. The van der Waals surface area contributed by atoms with E-state index in [0.29, 0.717) is 17.8 Å². The molecule has 134 valence electrons. The van der Waals surface area contributed by atoms with E-state index in [2.05, 4.69) is 32.2 Å². The molecule has 1 aliphatic rings. The summed E-state index contributed by atoms with van der Waals surface area (Å²) in [4.78, 5) is 10.5. The summed E-state index contributed by atoms with van der Waals surface area (Å²) in [5, 5.41) is 8.56. The van der Waals surface area contributed by atoms with Gasteiger partial charge in [-0.05, 0) is 63.2 Å². The third kappa shape index (κ3) is 3.88. The Morgan fingerprint density at radius 3 is 2.69 bits per heavy atom. The van der Waals surface area contributed by atoms with E-state index >= 15 is 0 Å². The monoisotopic (exact) mass is 350 g/mol. The highest BCUT2D eigenvalue weighted by Gasteiger charge is 2.20. The zero-order valence-electron chi connectivity index (χ0n) is 14.8. The molecule has 0 unspecified atom stereocenters. The van der Waals surface area contributed by atoms with Crippen LogP contribution in [-0.2, 0) is 6.54 Å². The third-order valence-corrected chi connectivity index (χ3v) is 4.80. The fourth-order valence-corrected chi connectivity index (χ4v) is 3.30. The van der Waals surface area contributed by atoms with Crippen LogP contribution in [0.5, 0.6) is 11.8 Å². The van der Waals surface area contributed by atoms with Gasteiger partial charge in [-0.1, -0.05) is 5.21 Å². The van der Waals surface area contributed by atoms with Gasteiger partial charge < -0.3 is 9.64 Å². The molecule has 0 bridgehead atoms. The highest BCUT2D eigenvalue weighted by molar-refractivity contribution is 5.58. The zero-order chi connectivity index (χ0) is 17.8. The van der Waals surface area contributed by atoms with Gasteiger partial charge in [0.15, 0.2) is 0 Å². The van der Waals surface area contributed by atoms with Crippen molar-refractivity contribution < 1.29 is 4.74 Å². The van der Waals surface area contributed by atoms with E-state index in [1.54, 1.807) is 18.5 Å². The summed E-state index contributed by atoms with van der Waals surface area (Å²) in [6.07, 6.45) is 9.00. The molecule has 3 aromatic rings. The number of hydrogen-bond acceptors (Lipinski definition) is 6. The van der Waals surface area contributed by atoms with E-state index in [4.69, 9.17) is 4.74 Å². The molecule has 0 saturated carbocycles. The molecule has 1 saturated heterocycles. The largest absolute Gasteiger partial charge is 0.424 e. The second kappa shape index (κ2) is 7.61. The van der Waals surface area contributed by atoms with Gasteiger partial charge >= 0.3 is 6.01 Å². The topological polar surface area (TPSA) is 69.0 Å².